The Morgan fingerprint density at radius 1 is 1.37 bits per heavy atom. The van der Waals surface area contributed by atoms with Crippen LogP contribution in [0.25, 0.3) is 0 Å². The van der Waals surface area contributed by atoms with Gasteiger partial charge < -0.3 is 14.7 Å². The molecule has 0 aliphatic carbocycles. The molecular formula is C13H24N2O4. The van der Waals surface area contributed by atoms with Gasteiger partial charge in [-0.3, -0.25) is 9.69 Å². The molecule has 1 unspecified atom stereocenters. The number of carboxylic acid groups (broad SMARTS) is 1. The second-order valence-corrected chi connectivity index (χ2v) is 4.67. The van der Waals surface area contributed by atoms with Crippen LogP contribution in [0.1, 0.15) is 26.7 Å². The molecule has 1 saturated heterocycles. The van der Waals surface area contributed by atoms with Crippen LogP contribution in [0.5, 0.6) is 0 Å². The van der Waals surface area contributed by atoms with E-state index in [4.69, 9.17) is 9.84 Å². The molecule has 1 atom stereocenters. The first-order valence-electron chi connectivity index (χ1n) is 6.93. The number of carbonyl (C=O) groups is 2. The highest BCUT2D eigenvalue weighted by Gasteiger charge is 2.25. The molecule has 0 bridgehead atoms. The van der Waals surface area contributed by atoms with Crippen LogP contribution in [0.15, 0.2) is 0 Å². The van der Waals surface area contributed by atoms with Crippen LogP contribution in [0.4, 0.5) is 0 Å². The Morgan fingerprint density at radius 2 is 2.05 bits per heavy atom. The van der Waals surface area contributed by atoms with Gasteiger partial charge in [-0.05, 0) is 26.8 Å². The van der Waals surface area contributed by atoms with Crippen molar-refractivity contribution >= 4 is 11.9 Å². The zero-order chi connectivity index (χ0) is 14.3. The Hall–Kier alpha value is -1.14. The summed E-state index contributed by atoms with van der Waals surface area (Å²) in [6, 6.07) is 0. The summed E-state index contributed by atoms with van der Waals surface area (Å²) in [5.41, 5.74) is 0. The lowest BCUT2D eigenvalue weighted by Crippen LogP contribution is -2.46. The lowest BCUT2D eigenvalue weighted by Gasteiger charge is -2.30. The minimum atomic E-state index is -0.913. The summed E-state index contributed by atoms with van der Waals surface area (Å²) in [7, 11) is 0. The van der Waals surface area contributed by atoms with E-state index in [2.05, 4.69) is 4.90 Å². The number of hydrogen-bond acceptors (Lipinski definition) is 4. The Bertz CT molecular complexity index is 305. The molecule has 0 saturated carbocycles. The first-order valence-corrected chi connectivity index (χ1v) is 6.93. The largest absolute Gasteiger partial charge is 0.479 e. The Balaban J connectivity index is 2.25. The van der Waals surface area contributed by atoms with Gasteiger partial charge in [0, 0.05) is 32.6 Å². The molecule has 110 valence electrons. The number of carboxylic acids is 1. The quantitative estimate of drug-likeness (QED) is 0.727. The number of carbonyl (C=O) groups excluding carboxylic acids is 1. The first-order chi connectivity index (χ1) is 9.08. The fraction of sp³-hybridized carbons (Fsp3) is 0.846. The summed E-state index contributed by atoms with van der Waals surface area (Å²) < 4.78 is 5.15. The summed E-state index contributed by atoms with van der Waals surface area (Å²) in [5.74, 6) is -0.739. The van der Waals surface area contributed by atoms with Gasteiger partial charge in [-0.15, -0.1) is 0 Å². The van der Waals surface area contributed by atoms with E-state index in [0.717, 1.165) is 32.6 Å². The maximum Gasteiger partial charge on any atom is 0.334 e. The van der Waals surface area contributed by atoms with E-state index < -0.39 is 12.1 Å². The highest BCUT2D eigenvalue weighted by Crippen LogP contribution is 2.07. The summed E-state index contributed by atoms with van der Waals surface area (Å²) in [5, 5.41) is 8.89. The third kappa shape index (κ3) is 5.16. The van der Waals surface area contributed by atoms with Crippen LogP contribution in [0, 0.1) is 0 Å². The summed E-state index contributed by atoms with van der Waals surface area (Å²) in [6.07, 6.45) is 0.561. The fourth-order valence-electron chi connectivity index (χ4n) is 2.24. The van der Waals surface area contributed by atoms with Crippen molar-refractivity contribution in [2.24, 2.45) is 0 Å². The number of nitrogens with zero attached hydrogens (tertiary/aromatic N) is 2. The zero-order valence-corrected chi connectivity index (χ0v) is 11.8. The van der Waals surface area contributed by atoms with Crippen LogP contribution in [-0.2, 0) is 14.3 Å². The third-order valence-corrected chi connectivity index (χ3v) is 3.41. The van der Waals surface area contributed by atoms with E-state index in [1.807, 2.05) is 18.7 Å². The Kier molecular flexibility index (Phi) is 6.80. The molecule has 1 aliphatic rings. The first kappa shape index (κ1) is 15.9. The van der Waals surface area contributed by atoms with Crippen molar-refractivity contribution in [3.05, 3.63) is 0 Å². The van der Waals surface area contributed by atoms with E-state index in [9.17, 15) is 9.59 Å². The minimum Gasteiger partial charge on any atom is -0.479 e. The van der Waals surface area contributed by atoms with Gasteiger partial charge in [0.2, 0.25) is 5.91 Å². The Labute approximate surface area is 114 Å². The molecule has 1 N–H and O–H groups in total. The molecule has 1 fully saturated rings. The number of amides is 1. The van der Waals surface area contributed by atoms with E-state index in [0.29, 0.717) is 19.6 Å². The van der Waals surface area contributed by atoms with Crippen molar-refractivity contribution in [3.63, 3.8) is 0 Å². The molecule has 1 amide bonds. The van der Waals surface area contributed by atoms with Gasteiger partial charge in [0.05, 0.1) is 6.61 Å². The summed E-state index contributed by atoms with van der Waals surface area (Å²) in [6.45, 7) is 7.78. The predicted molar refractivity (Wildman–Crippen MR) is 71.0 cm³/mol. The molecule has 6 heteroatoms. The molecule has 19 heavy (non-hydrogen) atoms. The zero-order valence-electron chi connectivity index (χ0n) is 11.8. The molecule has 1 aliphatic heterocycles. The van der Waals surface area contributed by atoms with Crippen molar-refractivity contribution in [2.75, 3.05) is 39.3 Å². The van der Waals surface area contributed by atoms with Gasteiger partial charge in [-0.25, -0.2) is 4.79 Å². The Morgan fingerprint density at radius 3 is 2.63 bits per heavy atom. The van der Waals surface area contributed by atoms with Gasteiger partial charge >= 0.3 is 5.97 Å². The minimum absolute atomic E-state index is 0.174. The number of aliphatic carboxylic acids is 1. The third-order valence-electron chi connectivity index (χ3n) is 3.41. The van der Waals surface area contributed by atoms with Crippen molar-refractivity contribution < 1.29 is 19.4 Å². The molecule has 1 rings (SSSR count). The molecule has 0 spiro atoms. The lowest BCUT2D eigenvalue weighted by molar-refractivity contribution is -0.156. The number of morpholine rings is 1. The van der Waals surface area contributed by atoms with Crippen LogP contribution in [0.3, 0.4) is 0 Å². The molecule has 0 radical (unpaired) electrons. The van der Waals surface area contributed by atoms with Crippen molar-refractivity contribution in [2.45, 2.75) is 32.8 Å². The smallest absolute Gasteiger partial charge is 0.334 e. The van der Waals surface area contributed by atoms with Crippen molar-refractivity contribution in [1.29, 1.82) is 0 Å². The lowest BCUT2D eigenvalue weighted by atomic mass is 10.2. The number of hydrogen-bond donors (Lipinski definition) is 1. The van der Waals surface area contributed by atoms with Gasteiger partial charge in [0.25, 0.3) is 0 Å². The average Bonchev–Trinajstić information content (AvgIpc) is 2.40. The SMILES string of the molecule is CCN(CC)C(=O)CCCN1CCOC(C(=O)O)C1. The van der Waals surface area contributed by atoms with E-state index in [-0.39, 0.29) is 5.91 Å². The molecular weight excluding hydrogens is 248 g/mol. The molecule has 0 aromatic carbocycles. The van der Waals surface area contributed by atoms with E-state index >= 15 is 0 Å². The second-order valence-electron chi connectivity index (χ2n) is 4.67. The number of ether oxygens (including phenoxy) is 1. The molecule has 1 heterocycles. The molecule has 0 aromatic rings. The predicted octanol–water partition coefficient (Wildman–Crippen LogP) is 0.420. The maximum absolute atomic E-state index is 11.8. The van der Waals surface area contributed by atoms with Crippen molar-refractivity contribution in [3.8, 4) is 0 Å². The molecule has 0 aromatic heterocycles. The van der Waals surface area contributed by atoms with Crippen molar-refractivity contribution in [1.82, 2.24) is 9.80 Å². The maximum atomic E-state index is 11.8. The monoisotopic (exact) mass is 272 g/mol. The van der Waals surface area contributed by atoms with Crippen LogP contribution in [-0.4, -0.2) is 72.2 Å². The molecule has 6 nitrogen and oxygen atoms in total. The second kappa shape index (κ2) is 8.12. The normalized spacial score (nSPS) is 20.2. The topological polar surface area (TPSA) is 70.1 Å². The highest BCUT2D eigenvalue weighted by molar-refractivity contribution is 5.76. The summed E-state index contributed by atoms with van der Waals surface area (Å²) in [4.78, 5) is 26.5. The summed E-state index contributed by atoms with van der Waals surface area (Å²) >= 11 is 0. The van der Waals surface area contributed by atoms with E-state index in [1.165, 1.54) is 0 Å². The standard InChI is InChI=1S/C13H24N2O4/c1-3-15(4-2)12(16)6-5-7-14-8-9-19-11(10-14)13(17)18/h11H,3-10H2,1-2H3,(H,17,18). The van der Waals surface area contributed by atoms with Gasteiger partial charge in [-0.2, -0.15) is 0 Å². The van der Waals surface area contributed by atoms with E-state index in [1.54, 1.807) is 0 Å². The van der Waals surface area contributed by atoms with Gasteiger partial charge in [0.1, 0.15) is 0 Å². The average molecular weight is 272 g/mol. The number of rotatable bonds is 7. The van der Waals surface area contributed by atoms with Crippen LogP contribution in [0.2, 0.25) is 0 Å². The van der Waals surface area contributed by atoms with Crippen LogP contribution < -0.4 is 0 Å². The fourth-order valence-corrected chi connectivity index (χ4v) is 2.24. The van der Waals surface area contributed by atoms with Gasteiger partial charge in [0.15, 0.2) is 6.10 Å². The van der Waals surface area contributed by atoms with Gasteiger partial charge in [-0.1, -0.05) is 0 Å². The van der Waals surface area contributed by atoms with Crippen LogP contribution >= 0.6 is 0 Å². The highest BCUT2D eigenvalue weighted by atomic mass is 16.5.